The van der Waals surface area contributed by atoms with Crippen molar-refractivity contribution in [1.29, 1.82) is 0 Å². The van der Waals surface area contributed by atoms with Gasteiger partial charge in [-0.25, -0.2) is 4.98 Å². The summed E-state index contributed by atoms with van der Waals surface area (Å²) in [7, 11) is 5.19. The van der Waals surface area contributed by atoms with Crippen molar-refractivity contribution in [2.24, 2.45) is 13.0 Å². The molecule has 2 aliphatic rings. The van der Waals surface area contributed by atoms with Gasteiger partial charge in [0.1, 0.15) is 11.4 Å². The third-order valence-electron chi connectivity index (χ3n) is 5.95. The average Bonchev–Trinajstić information content (AvgIpc) is 3.62. The topological polar surface area (TPSA) is 152 Å². The van der Waals surface area contributed by atoms with Crippen LogP contribution in [0.4, 0.5) is 23.0 Å². The zero-order chi connectivity index (χ0) is 27.2. The van der Waals surface area contributed by atoms with Crippen molar-refractivity contribution in [2.45, 2.75) is 18.9 Å². The SMILES string of the molecule is [2H]C([2H])([2H])NC(=O)c1nnc(NC(=O)C2CC2)cc1Nc1nccc2c1N(C)[C@H](COC)c1nn(C)nc1-2. The van der Waals surface area contributed by atoms with Crippen molar-refractivity contribution < 1.29 is 18.4 Å². The molecule has 1 aliphatic heterocycles. The third kappa shape index (κ3) is 4.14. The molecule has 13 heteroatoms. The van der Waals surface area contributed by atoms with Crippen LogP contribution in [0.15, 0.2) is 18.3 Å². The number of nitrogens with one attached hydrogen (secondary N) is 3. The van der Waals surface area contributed by atoms with Gasteiger partial charge in [-0.2, -0.15) is 15.0 Å². The van der Waals surface area contributed by atoms with Crippen LogP contribution in [-0.2, 0) is 16.6 Å². The summed E-state index contributed by atoms with van der Waals surface area (Å²) in [6.07, 6.45) is 3.17. The van der Waals surface area contributed by atoms with E-state index in [0.29, 0.717) is 23.8 Å². The largest absolute Gasteiger partial charge is 0.382 e. The first kappa shape index (κ1) is 19.2. The summed E-state index contributed by atoms with van der Waals surface area (Å²) in [6, 6.07) is 2.96. The molecular formula is C22H26N10O3. The maximum Gasteiger partial charge on any atom is 0.273 e. The van der Waals surface area contributed by atoms with Crippen LogP contribution in [0.2, 0.25) is 0 Å². The molecule has 0 aromatic carbocycles. The highest BCUT2D eigenvalue weighted by Crippen LogP contribution is 2.46. The van der Waals surface area contributed by atoms with Crippen molar-refractivity contribution in [3.63, 3.8) is 0 Å². The number of fused-ring (bicyclic) bond motifs is 3. The minimum atomic E-state index is -2.74. The van der Waals surface area contributed by atoms with Gasteiger partial charge >= 0.3 is 0 Å². The van der Waals surface area contributed by atoms with Crippen molar-refractivity contribution >= 4 is 34.8 Å². The highest BCUT2D eigenvalue weighted by Gasteiger charge is 2.35. The molecular weight excluding hydrogens is 452 g/mol. The van der Waals surface area contributed by atoms with Gasteiger partial charge in [0.05, 0.1) is 24.0 Å². The first-order valence-corrected chi connectivity index (χ1v) is 11.0. The lowest BCUT2D eigenvalue weighted by atomic mass is 9.98. The molecule has 3 aromatic heterocycles. The number of amides is 2. The average molecular weight is 482 g/mol. The van der Waals surface area contributed by atoms with E-state index >= 15 is 0 Å². The number of likely N-dealkylation sites (N-methyl/N-ethyl adjacent to an activating group) is 1. The summed E-state index contributed by atoms with van der Waals surface area (Å²) in [5.41, 5.74) is 2.64. The van der Waals surface area contributed by atoms with Crippen molar-refractivity contribution in [3.8, 4) is 11.3 Å². The number of nitrogens with zero attached hydrogens (tertiary/aromatic N) is 7. The minimum absolute atomic E-state index is 0.0814. The number of carbonyl (C=O) groups excluding carboxylic acids is 2. The van der Waals surface area contributed by atoms with Crippen LogP contribution in [0.1, 0.15) is 39.2 Å². The quantitative estimate of drug-likeness (QED) is 0.449. The van der Waals surface area contributed by atoms with E-state index in [9.17, 15) is 9.59 Å². The Balaban J connectivity index is 1.57. The van der Waals surface area contributed by atoms with Crippen LogP contribution < -0.4 is 20.9 Å². The van der Waals surface area contributed by atoms with Crippen LogP contribution in [0, 0.1) is 5.92 Å². The zero-order valence-electron chi connectivity index (χ0n) is 22.4. The number of aryl methyl sites for hydroxylation is 1. The molecule has 2 amide bonds. The number of pyridine rings is 1. The summed E-state index contributed by atoms with van der Waals surface area (Å²) >= 11 is 0. The third-order valence-corrected chi connectivity index (χ3v) is 5.95. The Labute approximate surface area is 205 Å². The molecule has 5 rings (SSSR count). The minimum Gasteiger partial charge on any atom is -0.382 e. The predicted molar refractivity (Wildman–Crippen MR) is 127 cm³/mol. The van der Waals surface area contributed by atoms with E-state index in [4.69, 9.17) is 8.85 Å². The van der Waals surface area contributed by atoms with Gasteiger partial charge < -0.3 is 25.6 Å². The Bertz CT molecular complexity index is 1410. The normalized spacial score (nSPS) is 18.0. The van der Waals surface area contributed by atoms with E-state index in [0.717, 1.165) is 24.1 Å². The van der Waals surface area contributed by atoms with E-state index in [1.807, 2.05) is 23.3 Å². The van der Waals surface area contributed by atoms with E-state index < -0.39 is 12.9 Å². The van der Waals surface area contributed by atoms with E-state index in [-0.39, 0.29) is 35.1 Å². The lowest BCUT2D eigenvalue weighted by Crippen LogP contribution is -2.32. The second kappa shape index (κ2) is 8.91. The fourth-order valence-corrected chi connectivity index (χ4v) is 4.10. The first-order chi connectivity index (χ1) is 18.1. The summed E-state index contributed by atoms with van der Waals surface area (Å²) < 4.78 is 27.7. The maximum absolute atomic E-state index is 12.8. The van der Waals surface area contributed by atoms with E-state index in [2.05, 4.69) is 36.0 Å². The Morgan fingerprint density at radius 2 is 2.09 bits per heavy atom. The number of rotatable bonds is 7. The van der Waals surface area contributed by atoms with Gasteiger partial charge in [-0.3, -0.25) is 9.59 Å². The van der Waals surface area contributed by atoms with Crippen LogP contribution in [0.5, 0.6) is 0 Å². The standard InChI is InChI=1S/C22H26N10O3/c1-23-22(34)17-13(9-15(27-28-17)26-21(33)11-5-6-11)25-20-19-12(7-8-24-20)16-18(30-32(3)29-16)14(10-35-4)31(19)2/h7-9,11,14H,5-6,10H2,1-4H3,(H,23,34)(H2,24,25,26,27,33)/t14-/m1/s1/i1D3. The molecule has 0 bridgehead atoms. The molecule has 0 radical (unpaired) electrons. The van der Waals surface area contributed by atoms with E-state index in [1.165, 1.54) is 10.9 Å². The van der Waals surface area contributed by atoms with Crippen molar-refractivity contribution in [1.82, 2.24) is 35.5 Å². The van der Waals surface area contributed by atoms with E-state index in [1.54, 1.807) is 20.4 Å². The number of hydrogen-bond acceptors (Lipinski definition) is 10. The summed E-state index contributed by atoms with van der Waals surface area (Å²) in [4.78, 5) is 33.0. The molecule has 3 N–H and O–H groups in total. The molecule has 0 unspecified atom stereocenters. The highest BCUT2D eigenvalue weighted by molar-refractivity contribution is 6.00. The Morgan fingerprint density at radius 3 is 2.83 bits per heavy atom. The second-order valence-electron chi connectivity index (χ2n) is 8.40. The van der Waals surface area contributed by atoms with Gasteiger partial charge in [-0.15, -0.1) is 10.2 Å². The fourth-order valence-electron chi connectivity index (χ4n) is 4.10. The number of aromatic nitrogens is 6. The molecule has 13 nitrogen and oxygen atoms in total. The highest BCUT2D eigenvalue weighted by atomic mass is 16.5. The summed E-state index contributed by atoms with van der Waals surface area (Å²) in [5, 5.41) is 24.6. The Kier molecular flexibility index (Phi) is 4.89. The maximum atomic E-state index is 12.8. The van der Waals surface area contributed by atoms with Gasteiger partial charge in [0.2, 0.25) is 5.91 Å². The molecule has 3 aromatic rings. The first-order valence-electron chi connectivity index (χ1n) is 12.5. The molecule has 0 saturated heterocycles. The Hall–Kier alpha value is -4.13. The van der Waals surface area contributed by atoms with Gasteiger partial charge in [0, 0.05) is 56.0 Å². The van der Waals surface area contributed by atoms with Crippen LogP contribution in [0.25, 0.3) is 11.3 Å². The molecule has 4 heterocycles. The van der Waals surface area contributed by atoms with Gasteiger partial charge in [-0.1, -0.05) is 0 Å². The van der Waals surface area contributed by atoms with Crippen molar-refractivity contribution in [3.05, 3.63) is 29.7 Å². The molecule has 182 valence electrons. The Morgan fingerprint density at radius 1 is 1.26 bits per heavy atom. The molecule has 35 heavy (non-hydrogen) atoms. The smallest absolute Gasteiger partial charge is 0.273 e. The fraction of sp³-hybridized carbons (Fsp3) is 0.409. The van der Waals surface area contributed by atoms with Gasteiger partial charge in [-0.05, 0) is 18.9 Å². The lowest BCUT2D eigenvalue weighted by Gasteiger charge is -2.35. The molecule has 1 fully saturated rings. The number of methoxy groups -OCH3 is 1. The zero-order valence-corrected chi connectivity index (χ0v) is 19.4. The number of hydrogen-bond donors (Lipinski definition) is 3. The molecule has 1 atom stereocenters. The molecule has 1 saturated carbocycles. The lowest BCUT2D eigenvalue weighted by molar-refractivity contribution is -0.117. The predicted octanol–water partition coefficient (Wildman–Crippen LogP) is 1.26. The monoisotopic (exact) mass is 481 g/mol. The summed E-state index contributed by atoms with van der Waals surface area (Å²) in [6.45, 7) is -2.41. The van der Waals surface area contributed by atoms with Gasteiger partial charge in [0.15, 0.2) is 17.3 Å². The number of anilines is 4. The van der Waals surface area contributed by atoms with Crippen LogP contribution in [0.3, 0.4) is 0 Å². The molecule has 1 aliphatic carbocycles. The van der Waals surface area contributed by atoms with Gasteiger partial charge in [0.25, 0.3) is 5.91 Å². The molecule has 0 spiro atoms. The summed E-state index contributed by atoms with van der Waals surface area (Å²) in [5.74, 6) is -0.787. The van der Waals surface area contributed by atoms with Crippen LogP contribution in [-0.4, -0.2) is 69.7 Å². The van der Waals surface area contributed by atoms with Crippen molar-refractivity contribution in [2.75, 3.05) is 43.3 Å². The number of ether oxygens (including phenoxy) is 1. The number of carbonyl (C=O) groups is 2. The second-order valence-corrected chi connectivity index (χ2v) is 8.40. The van der Waals surface area contributed by atoms with Crippen LogP contribution >= 0.6 is 0 Å².